The lowest BCUT2D eigenvalue weighted by Gasteiger charge is -2.30. The molecule has 0 fully saturated rings. The zero-order valence-corrected chi connectivity index (χ0v) is 42.9. The first-order chi connectivity index (χ1) is 38.7. The van der Waals surface area contributed by atoms with E-state index in [-0.39, 0.29) is 0 Å². The molecule has 0 spiro atoms. The average Bonchev–Trinajstić information content (AvgIpc) is 3.54. The van der Waals surface area contributed by atoms with E-state index in [9.17, 15) is 0 Å². The van der Waals surface area contributed by atoms with Crippen LogP contribution in [0.4, 0.5) is 34.1 Å². The van der Waals surface area contributed by atoms with Crippen molar-refractivity contribution in [2.24, 2.45) is 0 Å². The average molecular weight is 993 g/mol. The largest absolute Gasteiger partial charge is 0.310 e. The molecular weight excluding hydrogens is 941 g/mol. The van der Waals surface area contributed by atoms with Crippen molar-refractivity contribution in [1.29, 1.82) is 0 Å². The van der Waals surface area contributed by atoms with Crippen LogP contribution in [0.5, 0.6) is 0 Å². The molecule has 0 saturated heterocycles. The molecule has 0 aliphatic rings. The maximum atomic E-state index is 2.47. The zero-order chi connectivity index (χ0) is 51.8. The molecule has 14 aromatic carbocycles. The van der Waals surface area contributed by atoms with Gasteiger partial charge in [-0.15, -0.1) is 0 Å². The van der Waals surface area contributed by atoms with Crippen molar-refractivity contribution in [3.63, 3.8) is 0 Å². The summed E-state index contributed by atoms with van der Waals surface area (Å²) in [6.07, 6.45) is 0. The topological polar surface area (TPSA) is 6.48 Å². The predicted molar refractivity (Wildman–Crippen MR) is 332 cm³/mol. The summed E-state index contributed by atoms with van der Waals surface area (Å²) in [4.78, 5) is 4.95. The molecule has 2 nitrogen and oxygen atoms in total. The van der Waals surface area contributed by atoms with Gasteiger partial charge < -0.3 is 9.80 Å². The van der Waals surface area contributed by atoms with Crippen LogP contribution in [0.1, 0.15) is 0 Å². The molecule has 0 unspecified atom stereocenters. The SMILES string of the molecule is c1ccc(-c2ccc(N(c3cc(-c4ccccc4)cc(-c4ccccc4)c3)c3ccc4ccc5c(N(c6ccc(-c7ccccc7)cc6)c6cc(-c7ccccc7)cc(-c7ccccc7)c6)ccc6ccc3c4c65)cc2)cc1. The highest BCUT2D eigenvalue weighted by Crippen LogP contribution is 2.49. The molecule has 0 radical (unpaired) electrons. The summed E-state index contributed by atoms with van der Waals surface area (Å²) >= 11 is 0. The van der Waals surface area contributed by atoms with Gasteiger partial charge >= 0.3 is 0 Å². The van der Waals surface area contributed by atoms with Crippen LogP contribution in [0.25, 0.3) is 99.1 Å². The molecule has 0 N–H and O–H groups in total. The molecule has 0 aliphatic carbocycles. The fourth-order valence-corrected chi connectivity index (χ4v) is 11.6. The predicted octanol–water partition coefficient (Wildman–Crippen LogP) is 21.5. The van der Waals surface area contributed by atoms with Gasteiger partial charge in [0.25, 0.3) is 0 Å². The van der Waals surface area contributed by atoms with Crippen molar-refractivity contribution < 1.29 is 0 Å². The third-order valence-electron chi connectivity index (χ3n) is 15.3. The highest BCUT2D eigenvalue weighted by atomic mass is 15.2. The third kappa shape index (κ3) is 8.72. The van der Waals surface area contributed by atoms with E-state index in [1.54, 1.807) is 0 Å². The number of nitrogens with zero attached hydrogens (tertiary/aromatic N) is 2. The molecule has 0 heterocycles. The lowest BCUT2D eigenvalue weighted by atomic mass is 9.91. The van der Waals surface area contributed by atoms with E-state index >= 15 is 0 Å². The Morgan fingerprint density at radius 1 is 0.167 bits per heavy atom. The Morgan fingerprint density at radius 2 is 0.410 bits per heavy atom. The second-order valence-electron chi connectivity index (χ2n) is 20.1. The Labute approximate surface area is 456 Å². The van der Waals surface area contributed by atoms with E-state index in [0.29, 0.717) is 0 Å². The maximum Gasteiger partial charge on any atom is 0.0540 e. The van der Waals surface area contributed by atoms with Gasteiger partial charge in [0.15, 0.2) is 0 Å². The van der Waals surface area contributed by atoms with Crippen LogP contribution in [0.2, 0.25) is 0 Å². The summed E-state index contributed by atoms with van der Waals surface area (Å²) in [6, 6.07) is 115. The van der Waals surface area contributed by atoms with E-state index in [1.165, 1.54) is 76.8 Å². The number of hydrogen-bond donors (Lipinski definition) is 0. The fraction of sp³-hybridized carbons (Fsp3) is 0. The van der Waals surface area contributed by atoms with Crippen LogP contribution in [0.3, 0.4) is 0 Å². The summed E-state index contributed by atoms with van der Waals surface area (Å²) in [5.74, 6) is 0. The van der Waals surface area contributed by atoms with Crippen LogP contribution >= 0.6 is 0 Å². The molecule has 0 bridgehead atoms. The van der Waals surface area contributed by atoms with Gasteiger partial charge in [0, 0.05) is 33.5 Å². The van der Waals surface area contributed by atoms with Gasteiger partial charge in [-0.25, -0.2) is 0 Å². The maximum absolute atomic E-state index is 2.47. The van der Waals surface area contributed by atoms with Crippen LogP contribution in [0, 0.1) is 0 Å². The highest BCUT2D eigenvalue weighted by Gasteiger charge is 2.24. The van der Waals surface area contributed by atoms with Crippen molar-refractivity contribution in [1.82, 2.24) is 0 Å². The fourth-order valence-electron chi connectivity index (χ4n) is 11.6. The minimum absolute atomic E-state index is 1.08. The molecule has 0 aromatic heterocycles. The smallest absolute Gasteiger partial charge is 0.0540 e. The lowest BCUT2D eigenvalue weighted by molar-refractivity contribution is 1.30. The van der Waals surface area contributed by atoms with E-state index in [2.05, 4.69) is 325 Å². The number of hydrogen-bond acceptors (Lipinski definition) is 2. The molecule has 14 aromatic rings. The molecule has 366 valence electrons. The Morgan fingerprint density at radius 3 is 0.692 bits per heavy atom. The second-order valence-corrected chi connectivity index (χ2v) is 20.1. The molecule has 0 aliphatic heterocycles. The van der Waals surface area contributed by atoms with Gasteiger partial charge in [-0.1, -0.05) is 243 Å². The summed E-state index contributed by atoms with van der Waals surface area (Å²) < 4.78 is 0. The first-order valence-corrected chi connectivity index (χ1v) is 26.8. The van der Waals surface area contributed by atoms with Gasteiger partial charge in [0.2, 0.25) is 0 Å². The van der Waals surface area contributed by atoms with Crippen molar-refractivity contribution >= 4 is 66.4 Å². The van der Waals surface area contributed by atoms with E-state index in [0.717, 1.165) is 56.4 Å². The monoisotopic (exact) mass is 992 g/mol. The molecule has 2 heteroatoms. The van der Waals surface area contributed by atoms with Gasteiger partial charge in [0.1, 0.15) is 0 Å². The minimum Gasteiger partial charge on any atom is -0.310 e. The van der Waals surface area contributed by atoms with Crippen molar-refractivity contribution in [2.45, 2.75) is 0 Å². The molecule has 0 saturated carbocycles. The number of rotatable bonds is 12. The number of benzene rings is 14. The van der Waals surface area contributed by atoms with Crippen LogP contribution in [-0.4, -0.2) is 0 Å². The van der Waals surface area contributed by atoms with Crippen LogP contribution < -0.4 is 9.80 Å². The summed E-state index contributed by atoms with van der Waals surface area (Å²) in [5.41, 5.74) is 20.6. The van der Waals surface area contributed by atoms with Crippen molar-refractivity contribution in [2.75, 3.05) is 9.80 Å². The van der Waals surface area contributed by atoms with Gasteiger partial charge in [-0.2, -0.15) is 0 Å². The van der Waals surface area contributed by atoms with Gasteiger partial charge in [0.05, 0.1) is 11.4 Å². The van der Waals surface area contributed by atoms with Gasteiger partial charge in [-0.3, -0.25) is 0 Å². The Balaban J connectivity index is 1.00. The minimum atomic E-state index is 1.08. The quantitative estimate of drug-likeness (QED) is 0.113. The second kappa shape index (κ2) is 20.1. The first-order valence-electron chi connectivity index (χ1n) is 26.8. The van der Waals surface area contributed by atoms with Crippen LogP contribution in [-0.2, 0) is 0 Å². The van der Waals surface area contributed by atoms with Crippen molar-refractivity contribution in [3.8, 4) is 66.8 Å². The third-order valence-corrected chi connectivity index (χ3v) is 15.3. The zero-order valence-electron chi connectivity index (χ0n) is 42.9. The molecule has 14 rings (SSSR count). The molecule has 0 amide bonds. The standard InChI is InChI=1S/C76H52N2/c1-7-19-53(20-8-1)59-31-39-67(40-32-59)77(69-49-63(55-23-11-3-12-24-55)47-64(50-69)56-25-13-4-14-26-56)73-45-37-61-36-44-72-74(46-38-62-35-43-71(73)75(61)76(62)72)78(68-41-33-60(34-42-68)54-21-9-2-10-22-54)70-51-65(57-27-15-5-16-28-57)48-66(52-70)58-29-17-6-18-30-58/h1-52H. The normalized spacial score (nSPS) is 11.3. The lowest BCUT2D eigenvalue weighted by Crippen LogP contribution is -2.12. The summed E-state index contributed by atoms with van der Waals surface area (Å²) in [5, 5.41) is 7.22. The Kier molecular flexibility index (Phi) is 11.9. The Bertz CT molecular complexity index is 3970. The van der Waals surface area contributed by atoms with Gasteiger partial charge in [-0.05, 0) is 161 Å². The van der Waals surface area contributed by atoms with Crippen molar-refractivity contribution in [3.05, 3.63) is 315 Å². The summed E-state index contributed by atoms with van der Waals surface area (Å²) in [6.45, 7) is 0. The highest BCUT2D eigenvalue weighted by molar-refractivity contribution is 6.28. The van der Waals surface area contributed by atoms with Crippen LogP contribution in [0.15, 0.2) is 315 Å². The van der Waals surface area contributed by atoms with E-state index < -0.39 is 0 Å². The molecule has 0 atom stereocenters. The Hall–Kier alpha value is -10.3. The summed E-state index contributed by atoms with van der Waals surface area (Å²) in [7, 11) is 0. The van der Waals surface area contributed by atoms with E-state index in [4.69, 9.17) is 0 Å². The first kappa shape index (κ1) is 46.3. The number of anilines is 6. The molecular formula is C76H52N2. The van der Waals surface area contributed by atoms with E-state index in [1.807, 2.05) is 0 Å². The molecule has 78 heavy (non-hydrogen) atoms.